The number of allylic oxidation sites excluding steroid dienone is 5. The molecule has 0 radical (unpaired) electrons. The van der Waals surface area contributed by atoms with Crippen molar-refractivity contribution in [1.82, 2.24) is 5.32 Å². The van der Waals surface area contributed by atoms with Crippen molar-refractivity contribution in [3.63, 3.8) is 0 Å². The van der Waals surface area contributed by atoms with Crippen molar-refractivity contribution in [3.8, 4) is 0 Å². The Morgan fingerprint density at radius 1 is 0.333 bits per heavy atom. The van der Waals surface area contributed by atoms with Crippen LogP contribution in [0.25, 0.3) is 0 Å². The summed E-state index contributed by atoms with van der Waals surface area (Å²) in [5.74, 6) is -0.0574. The van der Waals surface area contributed by atoms with Gasteiger partial charge >= 0.3 is 0 Å². The molecule has 2 atom stereocenters. The minimum Gasteiger partial charge on any atom is -0.394 e. The van der Waals surface area contributed by atoms with Crippen molar-refractivity contribution >= 4 is 5.91 Å². The van der Waals surface area contributed by atoms with Gasteiger partial charge in [0.1, 0.15) is 0 Å². The van der Waals surface area contributed by atoms with Crippen molar-refractivity contribution in [2.24, 2.45) is 0 Å². The van der Waals surface area contributed by atoms with E-state index < -0.39 is 12.1 Å². The highest BCUT2D eigenvalue weighted by molar-refractivity contribution is 5.76. The standard InChI is InChI=1S/C68H131NO3/c1-3-5-7-9-11-13-15-17-19-21-23-25-27-28-29-30-31-32-33-34-35-36-37-38-39-40-42-44-46-48-50-52-54-56-58-60-62-64-68(72)69-66(65-70)67(71)63-61-59-57-55-53-51-49-47-45-43-41-26-24-22-20-18-16-14-12-10-8-6-4-2/h29-30,32-33,61,63,66-67,70-71H,3-28,31,34-60,62,64-65H2,1-2H3,(H,69,72)/b30-29-,33-32-,63-61+. The van der Waals surface area contributed by atoms with Crippen LogP contribution in [0.15, 0.2) is 36.5 Å². The predicted octanol–water partition coefficient (Wildman–Crippen LogP) is 22.4. The number of carbonyl (C=O) groups is 1. The number of nitrogens with one attached hydrogen (secondary N) is 1. The first-order chi connectivity index (χ1) is 35.7. The molecule has 0 saturated heterocycles. The molecule has 0 rings (SSSR count). The quantitative estimate of drug-likeness (QED) is 0.0420. The summed E-state index contributed by atoms with van der Waals surface area (Å²) in [6.07, 6.45) is 87.9. The van der Waals surface area contributed by atoms with Gasteiger partial charge in [0.05, 0.1) is 18.8 Å². The minimum atomic E-state index is -0.839. The minimum absolute atomic E-state index is 0.0574. The Kier molecular flexibility index (Phi) is 62.7. The van der Waals surface area contributed by atoms with E-state index in [-0.39, 0.29) is 12.5 Å². The van der Waals surface area contributed by atoms with Crippen LogP contribution in [0.5, 0.6) is 0 Å². The number of unbranched alkanes of at least 4 members (excludes halogenated alkanes) is 51. The van der Waals surface area contributed by atoms with Crippen molar-refractivity contribution in [3.05, 3.63) is 36.5 Å². The molecular weight excluding hydrogens is 879 g/mol. The van der Waals surface area contributed by atoms with Crippen LogP contribution in [0.1, 0.15) is 373 Å². The summed E-state index contributed by atoms with van der Waals surface area (Å²) in [6, 6.07) is -0.622. The molecule has 72 heavy (non-hydrogen) atoms. The Morgan fingerprint density at radius 3 is 0.833 bits per heavy atom. The highest BCUT2D eigenvalue weighted by atomic mass is 16.3. The fourth-order valence-electron chi connectivity index (χ4n) is 10.6. The molecule has 426 valence electrons. The molecule has 0 aromatic carbocycles. The van der Waals surface area contributed by atoms with Gasteiger partial charge in [-0.2, -0.15) is 0 Å². The molecule has 0 aromatic heterocycles. The Bertz CT molecular complexity index is 1100. The fourth-order valence-corrected chi connectivity index (χ4v) is 10.6. The summed E-state index contributed by atoms with van der Waals surface area (Å²) in [7, 11) is 0. The molecule has 0 heterocycles. The van der Waals surface area contributed by atoms with E-state index in [2.05, 4.69) is 43.5 Å². The second kappa shape index (κ2) is 63.9. The van der Waals surface area contributed by atoms with E-state index in [0.717, 1.165) is 32.1 Å². The van der Waals surface area contributed by atoms with Crippen LogP contribution in [0.3, 0.4) is 0 Å². The number of aliphatic hydroxyl groups is 2. The number of hydrogen-bond acceptors (Lipinski definition) is 3. The fraction of sp³-hybridized carbons (Fsp3) is 0.897. The van der Waals surface area contributed by atoms with Gasteiger partial charge in [0.2, 0.25) is 5.91 Å². The molecular formula is C68H131NO3. The summed E-state index contributed by atoms with van der Waals surface area (Å²) in [5.41, 5.74) is 0. The Hall–Kier alpha value is -1.39. The van der Waals surface area contributed by atoms with E-state index in [1.54, 1.807) is 6.08 Å². The van der Waals surface area contributed by atoms with Crippen LogP contribution in [0.2, 0.25) is 0 Å². The van der Waals surface area contributed by atoms with Gasteiger partial charge in [0.15, 0.2) is 0 Å². The normalized spacial score (nSPS) is 12.9. The highest BCUT2D eigenvalue weighted by Gasteiger charge is 2.18. The maximum atomic E-state index is 12.5. The smallest absolute Gasteiger partial charge is 0.220 e. The van der Waals surface area contributed by atoms with E-state index in [9.17, 15) is 15.0 Å². The zero-order valence-corrected chi connectivity index (χ0v) is 49.2. The molecule has 3 N–H and O–H groups in total. The summed E-state index contributed by atoms with van der Waals surface area (Å²) in [5, 5.41) is 23.3. The average molecular weight is 1010 g/mol. The number of aliphatic hydroxyl groups excluding tert-OH is 2. The van der Waals surface area contributed by atoms with E-state index in [0.29, 0.717) is 6.42 Å². The van der Waals surface area contributed by atoms with Gasteiger partial charge in [0.25, 0.3) is 0 Å². The molecule has 0 saturated carbocycles. The van der Waals surface area contributed by atoms with Crippen molar-refractivity contribution in [1.29, 1.82) is 0 Å². The third-order valence-electron chi connectivity index (χ3n) is 15.6. The zero-order valence-electron chi connectivity index (χ0n) is 49.2. The van der Waals surface area contributed by atoms with E-state index >= 15 is 0 Å². The topological polar surface area (TPSA) is 69.6 Å². The first-order valence-corrected chi connectivity index (χ1v) is 33.2. The van der Waals surface area contributed by atoms with Gasteiger partial charge in [-0.15, -0.1) is 0 Å². The van der Waals surface area contributed by atoms with Crippen LogP contribution in [-0.2, 0) is 4.79 Å². The van der Waals surface area contributed by atoms with E-state index in [1.807, 2.05) is 6.08 Å². The first kappa shape index (κ1) is 70.6. The van der Waals surface area contributed by atoms with Crippen LogP contribution in [0.4, 0.5) is 0 Å². The second-order valence-electron chi connectivity index (χ2n) is 22.9. The number of carbonyl (C=O) groups excluding carboxylic acids is 1. The van der Waals surface area contributed by atoms with Crippen LogP contribution in [0, 0.1) is 0 Å². The Balaban J connectivity index is 3.43. The lowest BCUT2D eigenvalue weighted by Crippen LogP contribution is -2.45. The SMILES string of the molecule is CCCCCCCCCCCCCCC/C=C\C/C=C\CCCCCCCCCCCCCCCCCCCC(=O)NC(CO)C(O)/C=C/CCCCCCCCCCCCCCCCCCCCCCC. The van der Waals surface area contributed by atoms with E-state index in [4.69, 9.17) is 0 Å². The molecule has 0 bridgehead atoms. The molecule has 0 spiro atoms. The molecule has 4 nitrogen and oxygen atoms in total. The van der Waals surface area contributed by atoms with Gasteiger partial charge < -0.3 is 15.5 Å². The number of hydrogen-bond donors (Lipinski definition) is 3. The summed E-state index contributed by atoms with van der Waals surface area (Å²) in [4.78, 5) is 12.5. The second-order valence-corrected chi connectivity index (χ2v) is 22.9. The number of rotatable bonds is 62. The van der Waals surface area contributed by atoms with Gasteiger partial charge in [-0.25, -0.2) is 0 Å². The van der Waals surface area contributed by atoms with Crippen LogP contribution >= 0.6 is 0 Å². The van der Waals surface area contributed by atoms with Crippen molar-refractivity contribution in [2.45, 2.75) is 386 Å². The largest absolute Gasteiger partial charge is 0.394 e. The summed E-state index contributed by atoms with van der Waals surface area (Å²) in [6.45, 7) is 4.35. The third-order valence-corrected chi connectivity index (χ3v) is 15.6. The van der Waals surface area contributed by atoms with Gasteiger partial charge in [-0.1, -0.05) is 352 Å². The molecule has 0 aliphatic carbocycles. The lowest BCUT2D eigenvalue weighted by Gasteiger charge is -2.20. The molecule has 2 unspecified atom stereocenters. The summed E-state index contributed by atoms with van der Waals surface area (Å²) < 4.78 is 0. The monoisotopic (exact) mass is 1010 g/mol. The average Bonchev–Trinajstić information content (AvgIpc) is 3.39. The molecule has 0 aliphatic rings. The van der Waals surface area contributed by atoms with Gasteiger partial charge in [-0.3, -0.25) is 4.79 Å². The maximum absolute atomic E-state index is 12.5. The third kappa shape index (κ3) is 59.5. The van der Waals surface area contributed by atoms with Crippen molar-refractivity contribution < 1.29 is 15.0 Å². The predicted molar refractivity (Wildman–Crippen MR) is 322 cm³/mol. The molecule has 0 fully saturated rings. The lowest BCUT2D eigenvalue weighted by molar-refractivity contribution is -0.123. The maximum Gasteiger partial charge on any atom is 0.220 e. The van der Waals surface area contributed by atoms with Gasteiger partial charge in [0, 0.05) is 6.42 Å². The molecule has 0 aliphatic heterocycles. The zero-order chi connectivity index (χ0) is 52.0. The van der Waals surface area contributed by atoms with Gasteiger partial charge in [-0.05, 0) is 51.4 Å². The Morgan fingerprint density at radius 2 is 0.569 bits per heavy atom. The Labute approximate surface area is 452 Å². The summed E-state index contributed by atoms with van der Waals surface area (Å²) >= 11 is 0. The number of amides is 1. The lowest BCUT2D eigenvalue weighted by atomic mass is 10.0. The van der Waals surface area contributed by atoms with Crippen molar-refractivity contribution in [2.75, 3.05) is 6.61 Å². The first-order valence-electron chi connectivity index (χ1n) is 33.2. The highest BCUT2D eigenvalue weighted by Crippen LogP contribution is 2.18. The van der Waals surface area contributed by atoms with E-state index in [1.165, 1.54) is 321 Å². The molecule has 0 aromatic rings. The van der Waals surface area contributed by atoms with Crippen LogP contribution < -0.4 is 5.32 Å². The van der Waals surface area contributed by atoms with Crippen LogP contribution in [-0.4, -0.2) is 34.9 Å². The molecule has 4 heteroatoms. The molecule has 1 amide bonds.